The van der Waals surface area contributed by atoms with Crippen molar-refractivity contribution in [2.24, 2.45) is 0 Å². The molecule has 1 unspecified atom stereocenters. The Morgan fingerprint density at radius 1 is 1.12 bits per heavy atom. The Kier molecular flexibility index (Phi) is 6.37. The van der Waals surface area contributed by atoms with E-state index < -0.39 is 10.0 Å². The summed E-state index contributed by atoms with van der Waals surface area (Å²) in [6, 6.07) is 19.9. The Hall–Kier alpha value is -3.78. The standard InChI is InChI=1S/C25H24N2O5S/c1-3-16-31-21-12-8-19(9-13-21)25(28)26-20-10-14-22(15-11-20)33(29,30)27-17-18(2)32-24-7-5-4-6-23(24)27/h3-15,18H,1,16-17H2,2H3,(H,26,28). The van der Waals surface area contributed by atoms with Crippen LogP contribution in [0.15, 0.2) is 90.3 Å². The van der Waals surface area contributed by atoms with E-state index in [-0.39, 0.29) is 23.5 Å². The molecule has 0 aliphatic carbocycles. The number of carbonyl (C=O) groups is 1. The number of anilines is 2. The largest absolute Gasteiger partial charge is 0.490 e. The molecule has 1 N–H and O–H groups in total. The minimum Gasteiger partial charge on any atom is -0.490 e. The van der Waals surface area contributed by atoms with Crippen molar-refractivity contribution >= 4 is 27.3 Å². The zero-order valence-corrected chi connectivity index (χ0v) is 18.9. The number of ether oxygens (including phenoxy) is 2. The summed E-state index contributed by atoms with van der Waals surface area (Å²) in [6.07, 6.45) is 1.37. The van der Waals surface area contributed by atoms with E-state index in [0.717, 1.165) is 0 Å². The Balaban J connectivity index is 1.49. The van der Waals surface area contributed by atoms with Crippen LogP contribution in [0.4, 0.5) is 11.4 Å². The van der Waals surface area contributed by atoms with Gasteiger partial charge >= 0.3 is 0 Å². The lowest BCUT2D eigenvalue weighted by molar-refractivity contribution is 0.102. The average Bonchev–Trinajstić information content (AvgIpc) is 2.82. The summed E-state index contributed by atoms with van der Waals surface area (Å²) in [7, 11) is -3.80. The number of nitrogens with one attached hydrogen (secondary N) is 1. The molecule has 0 spiro atoms. The van der Waals surface area contributed by atoms with Crippen LogP contribution in [0.2, 0.25) is 0 Å². The smallest absolute Gasteiger partial charge is 0.264 e. The monoisotopic (exact) mass is 464 g/mol. The lowest BCUT2D eigenvalue weighted by Crippen LogP contribution is -2.42. The summed E-state index contributed by atoms with van der Waals surface area (Å²) in [5.74, 6) is 0.862. The van der Waals surface area contributed by atoms with Gasteiger partial charge in [-0.3, -0.25) is 9.10 Å². The number of para-hydroxylation sites is 2. The average molecular weight is 465 g/mol. The molecular formula is C25H24N2O5S. The first-order chi connectivity index (χ1) is 15.9. The van der Waals surface area contributed by atoms with Crippen LogP contribution in [0.5, 0.6) is 11.5 Å². The van der Waals surface area contributed by atoms with Crippen LogP contribution in [0.1, 0.15) is 17.3 Å². The molecule has 1 aliphatic rings. The number of hydrogen-bond acceptors (Lipinski definition) is 5. The lowest BCUT2D eigenvalue weighted by Gasteiger charge is -2.34. The van der Waals surface area contributed by atoms with E-state index in [1.165, 1.54) is 16.4 Å². The van der Waals surface area contributed by atoms with E-state index in [1.54, 1.807) is 66.7 Å². The molecule has 0 fully saturated rings. The number of carbonyl (C=O) groups excluding carboxylic acids is 1. The van der Waals surface area contributed by atoms with Crippen molar-refractivity contribution in [1.29, 1.82) is 0 Å². The molecule has 8 heteroatoms. The number of benzene rings is 3. The van der Waals surface area contributed by atoms with Gasteiger partial charge in [0.1, 0.15) is 24.2 Å². The van der Waals surface area contributed by atoms with Crippen molar-refractivity contribution < 1.29 is 22.7 Å². The summed E-state index contributed by atoms with van der Waals surface area (Å²) >= 11 is 0. The first-order valence-corrected chi connectivity index (χ1v) is 11.9. The fourth-order valence-electron chi connectivity index (χ4n) is 3.47. The van der Waals surface area contributed by atoms with Crippen LogP contribution < -0.4 is 19.1 Å². The van der Waals surface area contributed by atoms with E-state index >= 15 is 0 Å². The van der Waals surface area contributed by atoms with Gasteiger partial charge in [0.15, 0.2) is 0 Å². The van der Waals surface area contributed by atoms with E-state index in [0.29, 0.717) is 35.0 Å². The van der Waals surface area contributed by atoms with Gasteiger partial charge in [-0.1, -0.05) is 24.8 Å². The van der Waals surface area contributed by atoms with Gasteiger partial charge in [-0.05, 0) is 67.6 Å². The summed E-state index contributed by atoms with van der Waals surface area (Å²) in [5, 5.41) is 2.78. The quantitative estimate of drug-likeness (QED) is 0.521. The van der Waals surface area contributed by atoms with Gasteiger partial charge in [0.2, 0.25) is 0 Å². The third-order valence-electron chi connectivity index (χ3n) is 5.07. The lowest BCUT2D eigenvalue weighted by atomic mass is 10.2. The number of sulfonamides is 1. The van der Waals surface area contributed by atoms with Gasteiger partial charge in [0, 0.05) is 11.3 Å². The van der Waals surface area contributed by atoms with E-state index in [4.69, 9.17) is 9.47 Å². The molecule has 1 aliphatic heterocycles. The van der Waals surface area contributed by atoms with Gasteiger partial charge in [-0.25, -0.2) is 8.42 Å². The fourth-order valence-corrected chi connectivity index (χ4v) is 5.03. The Labute approximate surface area is 193 Å². The minimum absolute atomic E-state index is 0.133. The number of rotatable bonds is 7. The maximum Gasteiger partial charge on any atom is 0.264 e. The molecule has 3 aromatic rings. The van der Waals surface area contributed by atoms with Crippen LogP contribution in [0.25, 0.3) is 0 Å². The molecular weight excluding hydrogens is 440 g/mol. The van der Waals surface area contributed by atoms with Crippen molar-refractivity contribution in [3.63, 3.8) is 0 Å². The van der Waals surface area contributed by atoms with Crippen molar-refractivity contribution in [1.82, 2.24) is 0 Å². The topological polar surface area (TPSA) is 84.9 Å². The Bertz CT molecular complexity index is 1250. The molecule has 0 bridgehead atoms. The molecule has 170 valence electrons. The second-order valence-electron chi connectivity index (χ2n) is 7.53. The zero-order chi connectivity index (χ0) is 23.4. The van der Waals surface area contributed by atoms with Gasteiger partial charge in [-0.2, -0.15) is 0 Å². The third-order valence-corrected chi connectivity index (χ3v) is 6.86. The SMILES string of the molecule is C=CCOc1ccc(C(=O)Nc2ccc(S(=O)(=O)N3CC(C)Oc4ccccc43)cc2)cc1. The van der Waals surface area contributed by atoms with Crippen molar-refractivity contribution in [2.45, 2.75) is 17.9 Å². The van der Waals surface area contributed by atoms with Gasteiger partial charge in [-0.15, -0.1) is 0 Å². The number of amides is 1. The van der Waals surface area contributed by atoms with Gasteiger partial charge < -0.3 is 14.8 Å². The second-order valence-corrected chi connectivity index (χ2v) is 9.40. The summed E-state index contributed by atoms with van der Waals surface area (Å²) in [4.78, 5) is 12.7. The van der Waals surface area contributed by atoms with Crippen LogP contribution in [-0.2, 0) is 10.0 Å². The molecule has 0 saturated carbocycles. The van der Waals surface area contributed by atoms with Crippen molar-refractivity contribution in [3.05, 3.63) is 91.0 Å². The fraction of sp³-hybridized carbons (Fsp3) is 0.160. The van der Waals surface area contributed by atoms with E-state index in [1.807, 2.05) is 6.92 Å². The van der Waals surface area contributed by atoms with Crippen LogP contribution in [-0.4, -0.2) is 33.6 Å². The number of nitrogens with zero attached hydrogens (tertiary/aromatic N) is 1. The highest BCUT2D eigenvalue weighted by Gasteiger charge is 2.32. The van der Waals surface area contributed by atoms with E-state index in [9.17, 15) is 13.2 Å². The van der Waals surface area contributed by atoms with Crippen molar-refractivity contribution in [3.8, 4) is 11.5 Å². The molecule has 4 rings (SSSR count). The minimum atomic E-state index is -3.80. The van der Waals surface area contributed by atoms with Gasteiger partial charge in [0.05, 0.1) is 17.1 Å². The maximum atomic E-state index is 13.3. The molecule has 33 heavy (non-hydrogen) atoms. The number of fused-ring (bicyclic) bond motifs is 1. The van der Waals surface area contributed by atoms with Crippen LogP contribution in [0, 0.1) is 0 Å². The predicted octanol–water partition coefficient (Wildman–Crippen LogP) is 4.48. The molecule has 3 aromatic carbocycles. The maximum absolute atomic E-state index is 13.3. The molecule has 7 nitrogen and oxygen atoms in total. The molecule has 0 saturated heterocycles. The normalized spacial score (nSPS) is 15.2. The highest BCUT2D eigenvalue weighted by Crippen LogP contribution is 2.36. The first-order valence-electron chi connectivity index (χ1n) is 10.4. The molecule has 0 radical (unpaired) electrons. The summed E-state index contributed by atoms with van der Waals surface area (Å²) in [5.41, 5.74) is 1.45. The van der Waals surface area contributed by atoms with Gasteiger partial charge in [0.25, 0.3) is 15.9 Å². The third kappa shape index (κ3) is 4.85. The predicted molar refractivity (Wildman–Crippen MR) is 128 cm³/mol. The Morgan fingerprint density at radius 2 is 1.82 bits per heavy atom. The van der Waals surface area contributed by atoms with E-state index in [2.05, 4.69) is 11.9 Å². The first kappa shape index (κ1) is 22.4. The molecule has 1 atom stereocenters. The summed E-state index contributed by atoms with van der Waals surface area (Å²) in [6.45, 7) is 6.02. The second kappa shape index (κ2) is 9.38. The Morgan fingerprint density at radius 3 is 2.52 bits per heavy atom. The highest BCUT2D eigenvalue weighted by molar-refractivity contribution is 7.92. The molecule has 1 heterocycles. The van der Waals surface area contributed by atoms with Crippen LogP contribution >= 0.6 is 0 Å². The highest BCUT2D eigenvalue weighted by atomic mass is 32.2. The molecule has 0 aromatic heterocycles. The summed E-state index contributed by atoms with van der Waals surface area (Å²) < 4.78 is 39.2. The molecule has 1 amide bonds. The van der Waals surface area contributed by atoms with Crippen molar-refractivity contribution in [2.75, 3.05) is 22.8 Å². The number of hydrogen-bond donors (Lipinski definition) is 1. The van der Waals surface area contributed by atoms with Crippen LogP contribution in [0.3, 0.4) is 0 Å². The zero-order valence-electron chi connectivity index (χ0n) is 18.1.